The monoisotopic (exact) mass is 345 g/mol. The second-order valence-electron chi connectivity index (χ2n) is 5.73. The van der Waals surface area contributed by atoms with Crippen LogP contribution in [-0.4, -0.2) is 19.9 Å². The van der Waals surface area contributed by atoms with Crippen molar-refractivity contribution in [3.8, 4) is 0 Å². The zero-order valence-electron chi connectivity index (χ0n) is 12.7. The van der Waals surface area contributed by atoms with Gasteiger partial charge in [0.05, 0.1) is 6.54 Å². The van der Waals surface area contributed by atoms with Crippen LogP contribution in [0.5, 0.6) is 0 Å². The molecule has 0 radical (unpaired) electrons. The molecule has 2 unspecified atom stereocenters. The van der Waals surface area contributed by atoms with Crippen LogP contribution in [0, 0.1) is 11.8 Å². The van der Waals surface area contributed by atoms with E-state index in [2.05, 4.69) is 17.0 Å². The van der Waals surface area contributed by atoms with Gasteiger partial charge in [0, 0.05) is 15.7 Å². The van der Waals surface area contributed by atoms with E-state index in [1.54, 1.807) is 10.7 Å². The molecule has 0 aliphatic heterocycles. The summed E-state index contributed by atoms with van der Waals surface area (Å²) in [5, 5.41) is 16.5. The van der Waals surface area contributed by atoms with Crippen LogP contribution in [0.2, 0.25) is 5.02 Å². The first-order valence-corrected chi connectivity index (χ1v) is 7.83. The summed E-state index contributed by atoms with van der Waals surface area (Å²) in [4.78, 5) is 3.96. The maximum Gasteiger partial charge on any atom is 1.00 e. The van der Waals surface area contributed by atoms with Crippen LogP contribution < -0.4 is 29.6 Å². The summed E-state index contributed by atoms with van der Waals surface area (Å²) in [5.74, 6) is 0.597. The van der Waals surface area contributed by atoms with Crippen molar-refractivity contribution in [2.24, 2.45) is 11.8 Å². The Morgan fingerprint density at radius 2 is 2.14 bits per heavy atom. The number of aliphatic hydroxyl groups is 1. The minimum absolute atomic E-state index is 0. The molecule has 3 rings (SSSR count). The van der Waals surface area contributed by atoms with Crippen LogP contribution in [0.3, 0.4) is 0 Å². The molecule has 1 heterocycles. The van der Waals surface area contributed by atoms with Crippen molar-refractivity contribution in [2.45, 2.75) is 37.1 Å². The van der Waals surface area contributed by atoms with Gasteiger partial charge in [0.1, 0.15) is 11.9 Å². The van der Waals surface area contributed by atoms with Crippen LogP contribution in [0.15, 0.2) is 35.7 Å². The molecule has 112 valence electrons. The summed E-state index contributed by atoms with van der Waals surface area (Å²) in [6, 6.07) is 7.43. The van der Waals surface area contributed by atoms with Crippen molar-refractivity contribution in [3.05, 3.63) is 41.2 Å². The Balaban J connectivity index is 0.00000176. The van der Waals surface area contributed by atoms with E-state index >= 15 is 0 Å². The van der Waals surface area contributed by atoms with Crippen molar-refractivity contribution in [1.29, 1.82) is 0 Å². The Kier molecular flexibility index (Phi) is 5.91. The smallest absolute Gasteiger partial charge is 0.740 e. The van der Waals surface area contributed by atoms with E-state index in [0.717, 1.165) is 18.4 Å². The number of hydrogen-bond donors (Lipinski definition) is 1. The van der Waals surface area contributed by atoms with Crippen molar-refractivity contribution >= 4 is 24.2 Å². The minimum Gasteiger partial charge on any atom is -0.740 e. The summed E-state index contributed by atoms with van der Waals surface area (Å²) in [5.41, 5.74) is -0.364. The van der Waals surface area contributed by atoms with E-state index in [1.165, 1.54) is 6.33 Å². The quantitative estimate of drug-likeness (QED) is 0.601. The first-order chi connectivity index (χ1) is 10.0. The molecule has 4 nitrogen and oxygen atoms in total. The maximum absolute atomic E-state index is 11.4. The summed E-state index contributed by atoms with van der Waals surface area (Å²) in [7, 11) is 0. The third kappa shape index (κ3) is 3.50. The van der Waals surface area contributed by atoms with E-state index in [1.807, 2.05) is 18.2 Å². The molecule has 1 N–H and O–H groups in total. The molecular formula is C15H17ClN3NaOS. The molecule has 7 heteroatoms. The molecule has 1 aromatic carbocycles. The zero-order valence-corrected chi connectivity index (χ0v) is 16.3. The van der Waals surface area contributed by atoms with Crippen molar-refractivity contribution < 1.29 is 34.7 Å². The van der Waals surface area contributed by atoms with Gasteiger partial charge in [0.2, 0.25) is 0 Å². The number of aromatic nitrogens is 3. The second kappa shape index (κ2) is 7.16. The summed E-state index contributed by atoms with van der Waals surface area (Å²) < 4.78 is 1.57. The number of hydrogen-bond acceptors (Lipinski definition) is 4. The molecular weight excluding hydrogens is 329 g/mol. The molecule has 0 saturated heterocycles. The van der Waals surface area contributed by atoms with Gasteiger partial charge in [-0.2, -0.15) is 5.10 Å². The van der Waals surface area contributed by atoms with Gasteiger partial charge in [-0.25, -0.2) is 4.98 Å². The Morgan fingerprint density at radius 3 is 2.68 bits per heavy atom. The third-order valence-corrected chi connectivity index (χ3v) is 5.04. The SMILES string of the molecule is CC(C1CC1)C(O)(Cn1ncnc1[S-])c1ccccc1Cl.[Na+]. The molecule has 22 heavy (non-hydrogen) atoms. The van der Waals surface area contributed by atoms with Gasteiger partial charge >= 0.3 is 29.6 Å². The van der Waals surface area contributed by atoms with Crippen LogP contribution in [-0.2, 0) is 24.8 Å². The summed E-state index contributed by atoms with van der Waals surface area (Å²) in [6.07, 6.45) is 3.70. The van der Waals surface area contributed by atoms with Gasteiger partial charge in [-0.1, -0.05) is 36.7 Å². The fraction of sp³-hybridized carbons (Fsp3) is 0.467. The third-order valence-electron chi connectivity index (χ3n) is 4.39. The van der Waals surface area contributed by atoms with Crippen molar-refractivity contribution in [3.63, 3.8) is 0 Å². The molecule has 0 bridgehead atoms. The van der Waals surface area contributed by atoms with Gasteiger partial charge in [-0.15, -0.1) is 0 Å². The maximum atomic E-state index is 11.4. The van der Waals surface area contributed by atoms with Gasteiger partial charge in [-0.05, 0) is 30.7 Å². The van der Waals surface area contributed by atoms with Crippen molar-refractivity contribution in [1.82, 2.24) is 14.8 Å². The molecule has 0 amide bonds. The fourth-order valence-corrected chi connectivity index (χ4v) is 3.32. The van der Waals surface area contributed by atoms with Gasteiger partial charge in [0.25, 0.3) is 0 Å². The topological polar surface area (TPSA) is 50.9 Å². The summed E-state index contributed by atoms with van der Waals surface area (Å²) in [6.45, 7) is 2.34. The standard InChI is InChI=1S/C15H18ClN3OS.Na/c1-10(11-6-7-11)15(20,8-19-14(21)17-9-18-19)12-4-2-3-5-13(12)16;/h2-5,9-11,20H,6-8H2,1H3,(H,17,18,21);/q;+1/p-1. The molecule has 1 fully saturated rings. The Morgan fingerprint density at radius 1 is 1.45 bits per heavy atom. The molecule has 1 aliphatic rings. The van der Waals surface area contributed by atoms with E-state index < -0.39 is 5.60 Å². The molecule has 1 saturated carbocycles. The van der Waals surface area contributed by atoms with Gasteiger partial charge < -0.3 is 17.7 Å². The number of benzene rings is 1. The van der Waals surface area contributed by atoms with E-state index in [-0.39, 0.29) is 42.0 Å². The summed E-state index contributed by atoms with van der Waals surface area (Å²) >= 11 is 11.5. The number of rotatable bonds is 5. The van der Waals surface area contributed by atoms with Gasteiger partial charge in [-0.3, -0.25) is 4.68 Å². The van der Waals surface area contributed by atoms with Crippen LogP contribution >= 0.6 is 11.6 Å². The van der Waals surface area contributed by atoms with Crippen molar-refractivity contribution in [2.75, 3.05) is 0 Å². The predicted octanol–water partition coefficient (Wildman–Crippen LogP) is -0.225. The molecule has 2 aromatic rings. The van der Waals surface area contributed by atoms with Crippen LogP contribution in [0.4, 0.5) is 0 Å². The normalized spacial score (nSPS) is 18.3. The molecule has 2 atom stereocenters. The second-order valence-corrected chi connectivity index (χ2v) is 6.50. The predicted molar refractivity (Wildman–Crippen MR) is 82.9 cm³/mol. The van der Waals surface area contributed by atoms with Crippen LogP contribution in [0.1, 0.15) is 25.3 Å². The first-order valence-electron chi connectivity index (χ1n) is 7.04. The average molecular weight is 346 g/mol. The fourth-order valence-electron chi connectivity index (χ4n) is 2.86. The molecule has 1 aliphatic carbocycles. The van der Waals surface area contributed by atoms with Gasteiger partial charge in [0.15, 0.2) is 0 Å². The molecule has 1 aromatic heterocycles. The van der Waals surface area contributed by atoms with E-state index in [9.17, 15) is 5.11 Å². The molecule has 0 spiro atoms. The first kappa shape index (κ1) is 18.2. The van der Waals surface area contributed by atoms with Crippen LogP contribution in [0.25, 0.3) is 0 Å². The van der Waals surface area contributed by atoms with E-state index in [0.29, 0.717) is 16.1 Å². The Hall–Kier alpha value is -0.170. The average Bonchev–Trinajstić information content (AvgIpc) is 3.24. The number of halogens is 1. The number of nitrogens with zero attached hydrogens (tertiary/aromatic N) is 3. The van der Waals surface area contributed by atoms with E-state index in [4.69, 9.17) is 24.2 Å². The zero-order chi connectivity index (χ0) is 15.0. The Bertz CT molecular complexity index is 649. The largest absolute Gasteiger partial charge is 1.00 e. The minimum atomic E-state index is -1.10. The Labute approximate surface area is 163 Å².